The average molecular weight is 302 g/mol. The van der Waals surface area contributed by atoms with Crippen molar-refractivity contribution < 1.29 is 14.0 Å². The molecule has 0 N–H and O–H groups in total. The molecule has 4 heterocycles. The summed E-state index contributed by atoms with van der Waals surface area (Å²) in [4.78, 5) is 28.4. The van der Waals surface area contributed by atoms with Crippen LogP contribution in [0.2, 0.25) is 0 Å². The molecule has 0 aliphatic carbocycles. The molecule has 108 valence electrons. The van der Waals surface area contributed by atoms with E-state index in [1.165, 1.54) is 6.26 Å². The van der Waals surface area contributed by atoms with E-state index in [0.29, 0.717) is 18.7 Å². The molecular weight excluding hydrogens is 288 g/mol. The van der Waals surface area contributed by atoms with Crippen molar-refractivity contribution in [2.75, 3.05) is 11.4 Å². The molecule has 0 unspecified atom stereocenters. The van der Waals surface area contributed by atoms with E-state index in [4.69, 9.17) is 4.42 Å². The van der Waals surface area contributed by atoms with E-state index >= 15 is 0 Å². The first-order chi connectivity index (χ1) is 10.3. The Morgan fingerprint density at radius 2 is 2.24 bits per heavy atom. The maximum atomic E-state index is 12.5. The average Bonchev–Trinajstić information content (AvgIpc) is 3.23. The van der Waals surface area contributed by atoms with E-state index in [9.17, 15) is 9.59 Å². The first-order valence-corrected chi connectivity index (χ1v) is 7.89. The van der Waals surface area contributed by atoms with Crippen LogP contribution >= 0.6 is 11.3 Å². The highest BCUT2D eigenvalue weighted by atomic mass is 32.1. The van der Waals surface area contributed by atoms with Gasteiger partial charge < -0.3 is 14.2 Å². The predicted molar refractivity (Wildman–Crippen MR) is 78.4 cm³/mol. The fraction of sp³-hybridized carbons (Fsp3) is 0.333. The number of carbonyl (C=O) groups excluding carboxylic acids is 2. The zero-order chi connectivity index (χ0) is 14.4. The highest BCUT2D eigenvalue weighted by Gasteiger charge is 2.49. The Kier molecular flexibility index (Phi) is 2.85. The minimum Gasteiger partial charge on any atom is -0.459 e. The summed E-state index contributed by atoms with van der Waals surface area (Å²) in [6.45, 7) is 0.669. The summed E-state index contributed by atoms with van der Waals surface area (Å²) in [5.41, 5.74) is 0.949. The van der Waals surface area contributed by atoms with Crippen molar-refractivity contribution in [3.8, 4) is 0 Å². The second-order valence-electron chi connectivity index (χ2n) is 5.35. The van der Waals surface area contributed by atoms with Gasteiger partial charge in [0.2, 0.25) is 5.91 Å². The molecule has 0 radical (unpaired) electrons. The van der Waals surface area contributed by atoms with Crippen LogP contribution in [0.3, 0.4) is 0 Å². The Bertz CT molecular complexity index is 665. The lowest BCUT2D eigenvalue weighted by molar-refractivity contribution is -0.117. The number of nitrogens with zero attached hydrogens (tertiary/aromatic N) is 2. The van der Waals surface area contributed by atoms with Gasteiger partial charge in [-0.3, -0.25) is 9.59 Å². The molecule has 2 amide bonds. The zero-order valence-corrected chi connectivity index (χ0v) is 12.1. The van der Waals surface area contributed by atoms with Gasteiger partial charge in [0.1, 0.15) is 0 Å². The Morgan fingerprint density at radius 1 is 1.33 bits per heavy atom. The molecule has 2 saturated heterocycles. The second kappa shape index (κ2) is 4.73. The van der Waals surface area contributed by atoms with Gasteiger partial charge in [-0.15, -0.1) is 0 Å². The maximum absolute atomic E-state index is 12.5. The number of fused-ring (bicyclic) bond motifs is 1. The van der Waals surface area contributed by atoms with Crippen molar-refractivity contribution in [3.05, 3.63) is 41.0 Å². The van der Waals surface area contributed by atoms with Crippen LogP contribution in [0.1, 0.15) is 23.4 Å². The summed E-state index contributed by atoms with van der Waals surface area (Å²) in [5.74, 6) is 0.324. The quantitative estimate of drug-likeness (QED) is 0.855. The normalized spacial score (nSPS) is 24.7. The minimum absolute atomic E-state index is 0.0463. The molecular formula is C15H14N2O3S. The fourth-order valence-electron chi connectivity index (χ4n) is 3.37. The van der Waals surface area contributed by atoms with E-state index in [0.717, 1.165) is 12.1 Å². The molecule has 4 rings (SSSR count). The van der Waals surface area contributed by atoms with Gasteiger partial charge in [-0.2, -0.15) is 11.3 Å². The Hall–Kier alpha value is -2.08. The minimum atomic E-state index is -0.118. The molecule has 5 nitrogen and oxygen atoms in total. The Balaban J connectivity index is 1.61. The van der Waals surface area contributed by atoms with Crippen molar-refractivity contribution in [1.82, 2.24) is 4.90 Å². The lowest BCUT2D eigenvalue weighted by Crippen LogP contribution is -2.39. The van der Waals surface area contributed by atoms with Crippen molar-refractivity contribution >= 4 is 28.8 Å². The third-order valence-corrected chi connectivity index (χ3v) is 4.94. The summed E-state index contributed by atoms with van der Waals surface area (Å²) in [6, 6.07) is 5.38. The lowest BCUT2D eigenvalue weighted by atomic mass is 10.1. The molecule has 21 heavy (non-hydrogen) atoms. The van der Waals surface area contributed by atoms with E-state index in [-0.39, 0.29) is 23.9 Å². The van der Waals surface area contributed by atoms with Crippen LogP contribution < -0.4 is 4.90 Å². The number of carbonyl (C=O) groups is 2. The molecule has 2 aromatic heterocycles. The van der Waals surface area contributed by atoms with Crippen LogP contribution in [-0.4, -0.2) is 35.3 Å². The SMILES string of the molecule is O=C(c1ccco1)N1CC[C@@H]2[C@@H]1CC(=O)N2c1ccsc1. The third-order valence-electron chi connectivity index (χ3n) is 4.27. The van der Waals surface area contributed by atoms with E-state index in [2.05, 4.69) is 0 Å². The van der Waals surface area contributed by atoms with Crippen LogP contribution in [0, 0.1) is 0 Å². The van der Waals surface area contributed by atoms with Gasteiger partial charge in [0.15, 0.2) is 5.76 Å². The number of thiophene rings is 1. The molecule has 2 fully saturated rings. The summed E-state index contributed by atoms with van der Waals surface area (Å²) in [6.07, 6.45) is 2.71. The monoisotopic (exact) mass is 302 g/mol. The molecule has 0 spiro atoms. The predicted octanol–water partition coefficient (Wildman–Crippen LogP) is 2.36. The second-order valence-corrected chi connectivity index (χ2v) is 6.13. The molecule has 0 aromatic carbocycles. The zero-order valence-electron chi connectivity index (χ0n) is 11.3. The molecule has 6 heteroatoms. The van der Waals surface area contributed by atoms with Gasteiger partial charge in [0.05, 0.1) is 24.0 Å². The number of furan rings is 1. The van der Waals surface area contributed by atoms with Gasteiger partial charge in [-0.25, -0.2) is 0 Å². The van der Waals surface area contributed by atoms with Crippen molar-refractivity contribution in [2.24, 2.45) is 0 Å². The van der Waals surface area contributed by atoms with Crippen molar-refractivity contribution in [2.45, 2.75) is 24.9 Å². The Labute approximate surface area is 125 Å². The number of hydrogen-bond acceptors (Lipinski definition) is 4. The van der Waals surface area contributed by atoms with Crippen LogP contribution in [0.4, 0.5) is 5.69 Å². The first-order valence-electron chi connectivity index (χ1n) is 6.94. The lowest BCUT2D eigenvalue weighted by Gasteiger charge is -2.24. The van der Waals surface area contributed by atoms with Gasteiger partial charge >= 0.3 is 0 Å². The van der Waals surface area contributed by atoms with Crippen molar-refractivity contribution in [1.29, 1.82) is 0 Å². The van der Waals surface area contributed by atoms with E-state index in [1.807, 2.05) is 21.7 Å². The van der Waals surface area contributed by atoms with Gasteiger partial charge in [-0.1, -0.05) is 0 Å². The summed E-state index contributed by atoms with van der Waals surface area (Å²) in [7, 11) is 0. The number of amides is 2. The number of anilines is 1. The maximum Gasteiger partial charge on any atom is 0.289 e. The summed E-state index contributed by atoms with van der Waals surface area (Å²) >= 11 is 1.58. The van der Waals surface area contributed by atoms with Gasteiger partial charge in [-0.05, 0) is 30.0 Å². The molecule has 0 saturated carbocycles. The first kappa shape index (κ1) is 12.6. The molecule has 2 aliphatic rings. The Morgan fingerprint density at radius 3 is 2.95 bits per heavy atom. The van der Waals surface area contributed by atoms with E-state index in [1.54, 1.807) is 28.4 Å². The van der Waals surface area contributed by atoms with Gasteiger partial charge in [0.25, 0.3) is 5.91 Å². The standard InChI is InChI=1S/C15H14N2O3S/c18-14-8-12-11(17(14)10-4-7-21-9-10)3-5-16(12)15(19)13-2-1-6-20-13/h1-2,4,6-7,9,11-12H,3,5,8H2/t11-,12+/m1/s1. The van der Waals surface area contributed by atoms with E-state index < -0.39 is 0 Å². The van der Waals surface area contributed by atoms with Crippen LogP contribution in [0.5, 0.6) is 0 Å². The highest BCUT2D eigenvalue weighted by Crippen LogP contribution is 2.37. The molecule has 2 atom stereocenters. The van der Waals surface area contributed by atoms with Crippen molar-refractivity contribution in [3.63, 3.8) is 0 Å². The smallest absolute Gasteiger partial charge is 0.289 e. The highest BCUT2D eigenvalue weighted by molar-refractivity contribution is 7.08. The van der Waals surface area contributed by atoms with Crippen LogP contribution in [-0.2, 0) is 4.79 Å². The number of rotatable bonds is 2. The molecule has 2 aromatic rings. The topological polar surface area (TPSA) is 53.8 Å². The third kappa shape index (κ3) is 1.90. The number of likely N-dealkylation sites (tertiary alicyclic amines) is 1. The summed E-state index contributed by atoms with van der Waals surface area (Å²) in [5, 5.41) is 3.95. The number of hydrogen-bond donors (Lipinski definition) is 0. The van der Waals surface area contributed by atoms with Gasteiger partial charge in [0, 0.05) is 18.3 Å². The largest absolute Gasteiger partial charge is 0.459 e. The molecule has 2 aliphatic heterocycles. The van der Waals surface area contributed by atoms with Crippen LogP contribution in [0.15, 0.2) is 39.6 Å². The van der Waals surface area contributed by atoms with Crippen LogP contribution in [0.25, 0.3) is 0 Å². The molecule has 0 bridgehead atoms. The fourth-order valence-corrected chi connectivity index (χ4v) is 4.00. The summed E-state index contributed by atoms with van der Waals surface area (Å²) < 4.78 is 5.19.